The van der Waals surface area contributed by atoms with Crippen LogP contribution >= 0.6 is 0 Å². The molecule has 3 atom stereocenters. The molecule has 1 aliphatic rings. The van der Waals surface area contributed by atoms with E-state index in [-0.39, 0.29) is 6.10 Å². The Hall–Kier alpha value is -0.0800. The molecule has 1 fully saturated rings. The Kier molecular flexibility index (Phi) is 5.94. The van der Waals surface area contributed by atoms with Crippen molar-refractivity contribution in [3.05, 3.63) is 0 Å². The van der Waals surface area contributed by atoms with Crippen LogP contribution in [0.15, 0.2) is 0 Å². The Bertz CT molecular complexity index is 215. The van der Waals surface area contributed by atoms with Gasteiger partial charge in [0.1, 0.15) is 0 Å². The third kappa shape index (κ3) is 4.26. The molecule has 2 heteroatoms. The molecule has 0 bridgehead atoms. The molecule has 17 heavy (non-hydrogen) atoms. The zero-order valence-corrected chi connectivity index (χ0v) is 12.3. The van der Waals surface area contributed by atoms with Crippen molar-refractivity contribution in [3.8, 4) is 0 Å². The summed E-state index contributed by atoms with van der Waals surface area (Å²) in [4.78, 5) is 2.52. The Balaban J connectivity index is 2.69. The number of hydrogen-bond donors (Lipinski definition) is 1. The van der Waals surface area contributed by atoms with E-state index in [1.807, 2.05) is 0 Å². The van der Waals surface area contributed by atoms with Crippen LogP contribution in [0.25, 0.3) is 0 Å². The fourth-order valence-electron chi connectivity index (χ4n) is 3.09. The predicted molar refractivity (Wildman–Crippen MR) is 74.1 cm³/mol. The van der Waals surface area contributed by atoms with Crippen molar-refractivity contribution >= 4 is 0 Å². The summed E-state index contributed by atoms with van der Waals surface area (Å²) >= 11 is 0. The smallest absolute Gasteiger partial charge is 0.0695 e. The first kappa shape index (κ1) is 15.0. The zero-order valence-electron chi connectivity index (χ0n) is 12.3. The molecule has 0 heterocycles. The largest absolute Gasteiger partial charge is 0.391 e. The van der Waals surface area contributed by atoms with Gasteiger partial charge in [-0.15, -0.1) is 0 Å². The van der Waals surface area contributed by atoms with Crippen molar-refractivity contribution in [2.75, 3.05) is 6.54 Å². The lowest BCUT2D eigenvalue weighted by atomic mass is 9.81. The normalized spacial score (nSPS) is 30.5. The molecule has 0 aliphatic heterocycles. The van der Waals surface area contributed by atoms with Crippen LogP contribution in [0, 0.1) is 11.8 Å². The fraction of sp³-hybridized carbons (Fsp3) is 1.00. The van der Waals surface area contributed by atoms with Crippen LogP contribution in [0.4, 0.5) is 0 Å². The minimum atomic E-state index is -0.112. The highest BCUT2D eigenvalue weighted by atomic mass is 16.3. The Morgan fingerprint density at radius 3 is 2.29 bits per heavy atom. The van der Waals surface area contributed by atoms with E-state index in [0.717, 1.165) is 18.9 Å². The molecule has 0 amide bonds. The minimum absolute atomic E-state index is 0.112. The van der Waals surface area contributed by atoms with Gasteiger partial charge in [0.05, 0.1) is 6.10 Å². The monoisotopic (exact) mass is 241 g/mol. The van der Waals surface area contributed by atoms with Crippen molar-refractivity contribution < 1.29 is 5.11 Å². The lowest BCUT2D eigenvalue weighted by molar-refractivity contribution is -0.0159. The van der Waals surface area contributed by atoms with Crippen LogP contribution in [-0.4, -0.2) is 34.7 Å². The molecule has 3 unspecified atom stereocenters. The summed E-state index contributed by atoms with van der Waals surface area (Å²) in [6.07, 6.45) is 4.53. The van der Waals surface area contributed by atoms with Crippen LogP contribution in [0.5, 0.6) is 0 Å². The lowest BCUT2D eigenvalue weighted by Gasteiger charge is -2.43. The maximum Gasteiger partial charge on any atom is 0.0695 e. The second-order valence-electron chi connectivity index (χ2n) is 6.41. The molecular formula is C15H31NO. The van der Waals surface area contributed by atoms with Crippen LogP contribution < -0.4 is 0 Å². The van der Waals surface area contributed by atoms with Gasteiger partial charge >= 0.3 is 0 Å². The number of aliphatic hydroxyl groups is 1. The van der Waals surface area contributed by atoms with E-state index in [2.05, 4.69) is 39.5 Å². The SMILES string of the molecule is CCC1CCC(O)C(N(CC(C)C)C(C)C)C1. The molecule has 0 spiro atoms. The summed E-state index contributed by atoms with van der Waals surface area (Å²) in [5.74, 6) is 1.49. The maximum absolute atomic E-state index is 10.3. The second-order valence-corrected chi connectivity index (χ2v) is 6.41. The van der Waals surface area contributed by atoms with Gasteiger partial charge < -0.3 is 5.11 Å². The molecule has 2 nitrogen and oxygen atoms in total. The van der Waals surface area contributed by atoms with Crippen LogP contribution in [0.2, 0.25) is 0 Å². The van der Waals surface area contributed by atoms with E-state index in [0.29, 0.717) is 18.0 Å². The molecule has 0 saturated heterocycles. The third-order valence-corrected chi connectivity index (χ3v) is 4.13. The summed E-state index contributed by atoms with van der Waals surface area (Å²) in [5.41, 5.74) is 0. The van der Waals surface area contributed by atoms with Gasteiger partial charge in [0.15, 0.2) is 0 Å². The Morgan fingerprint density at radius 1 is 1.18 bits per heavy atom. The van der Waals surface area contributed by atoms with E-state index in [1.165, 1.54) is 19.3 Å². The van der Waals surface area contributed by atoms with Gasteiger partial charge in [-0.1, -0.05) is 27.2 Å². The third-order valence-electron chi connectivity index (χ3n) is 4.13. The van der Waals surface area contributed by atoms with Gasteiger partial charge in [-0.05, 0) is 44.9 Å². The van der Waals surface area contributed by atoms with Gasteiger partial charge in [-0.3, -0.25) is 4.90 Å². The number of hydrogen-bond acceptors (Lipinski definition) is 2. The molecule has 0 aromatic carbocycles. The molecule has 1 aliphatic carbocycles. The van der Waals surface area contributed by atoms with Crippen molar-refractivity contribution in [1.29, 1.82) is 0 Å². The topological polar surface area (TPSA) is 23.5 Å². The highest BCUT2D eigenvalue weighted by Crippen LogP contribution is 2.31. The molecule has 1 N–H and O–H groups in total. The fourth-order valence-corrected chi connectivity index (χ4v) is 3.09. The first-order valence-corrected chi connectivity index (χ1v) is 7.39. The summed E-state index contributed by atoms with van der Waals surface area (Å²) in [6, 6.07) is 0.920. The standard InChI is InChI=1S/C15H31NO/c1-6-13-7-8-15(17)14(9-13)16(12(4)5)10-11(2)3/h11-15,17H,6-10H2,1-5H3. The van der Waals surface area contributed by atoms with E-state index >= 15 is 0 Å². The average molecular weight is 241 g/mol. The summed E-state index contributed by atoms with van der Waals surface area (Å²) in [5, 5.41) is 10.3. The van der Waals surface area contributed by atoms with Gasteiger partial charge in [-0.25, -0.2) is 0 Å². The highest BCUT2D eigenvalue weighted by Gasteiger charge is 2.33. The number of nitrogens with zero attached hydrogens (tertiary/aromatic N) is 1. The van der Waals surface area contributed by atoms with Crippen LogP contribution in [0.1, 0.15) is 60.3 Å². The predicted octanol–water partition coefficient (Wildman–Crippen LogP) is 3.29. The molecule has 0 radical (unpaired) electrons. The lowest BCUT2D eigenvalue weighted by Crippen LogP contribution is -2.51. The molecule has 0 aromatic heterocycles. The van der Waals surface area contributed by atoms with Crippen LogP contribution in [0.3, 0.4) is 0 Å². The van der Waals surface area contributed by atoms with Crippen molar-refractivity contribution in [2.24, 2.45) is 11.8 Å². The van der Waals surface area contributed by atoms with E-state index < -0.39 is 0 Å². The highest BCUT2D eigenvalue weighted by molar-refractivity contribution is 4.88. The molecule has 1 rings (SSSR count). The quantitative estimate of drug-likeness (QED) is 0.798. The summed E-state index contributed by atoms with van der Waals surface area (Å²) < 4.78 is 0. The number of aliphatic hydroxyl groups excluding tert-OH is 1. The molecule has 102 valence electrons. The van der Waals surface area contributed by atoms with E-state index in [9.17, 15) is 5.11 Å². The zero-order chi connectivity index (χ0) is 13.0. The molecule has 1 saturated carbocycles. The van der Waals surface area contributed by atoms with Crippen molar-refractivity contribution in [2.45, 2.75) is 78.5 Å². The van der Waals surface area contributed by atoms with E-state index in [4.69, 9.17) is 0 Å². The number of rotatable bonds is 5. The van der Waals surface area contributed by atoms with Crippen LogP contribution in [-0.2, 0) is 0 Å². The summed E-state index contributed by atoms with van der Waals surface area (Å²) in [7, 11) is 0. The van der Waals surface area contributed by atoms with Gasteiger partial charge in [0.2, 0.25) is 0 Å². The van der Waals surface area contributed by atoms with Gasteiger partial charge in [0.25, 0.3) is 0 Å². The van der Waals surface area contributed by atoms with Crippen molar-refractivity contribution in [1.82, 2.24) is 4.90 Å². The average Bonchev–Trinajstić information content (AvgIpc) is 2.26. The van der Waals surface area contributed by atoms with Crippen molar-refractivity contribution in [3.63, 3.8) is 0 Å². The van der Waals surface area contributed by atoms with E-state index in [1.54, 1.807) is 0 Å². The maximum atomic E-state index is 10.3. The minimum Gasteiger partial charge on any atom is -0.391 e. The first-order valence-electron chi connectivity index (χ1n) is 7.39. The van der Waals surface area contributed by atoms with Gasteiger partial charge in [-0.2, -0.15) is 0 Å². The Labute approximate surface area is 107 Å². The molecular weight excluding hydrogens is 210 g/mol. The second kappa shape index (κ2) is 6.75. The Morgan fingerprint density at radius 2 is 1.82 bits per heavy atom. The summed E-state index contributed by atoms with van der Waals surface area (Å²) in [6.45, 7) is 12.4. The van der Waals surface area contributed by atoms with Gasteiger partial charge in [0, 0.05) is 18.6 Å². The first-order chi connectivity index (χ1) is 7.95. The molecule has 0 aromatic rings.